The summed E-state index contributed by atoms with van der Waals surface area (Å²) in [5.74, 6) is 0.0259. The van der Waals surface area contributed by atoms with Crippen LogP contribution in [-0.4, -0.2) is 47.9 Å². The number of carbonyl (C=O) groups is 1. The van der Waals surface area contributed by atoms with Crippen LogP contribution in [0.2, 0.25) is 0 Å². The fraction of sp³-hybridized carbons (Fsp3) is 0.533. The number of piperazine rings is 1. The number of nitrogens with two attached hydrogens (primary N) is 1. The monoisotopic (exact) mass is 261 g/mol. The summed E-state index contributed by atoms with van der Waals surface area (Å²) in [5, 5.41) is 0. The normalized spacial score (nSPS) is 26.2. The molecule has 1 aliphatic rings. The Morgan fingerprint density at radius 1 is 1.21 bits per heavy atom. The largest absolute Gasteiger partial charge is 0.338 e. The maximum atomic E-state index is 12.5. The van der Waals surface area contributed by atoms with E-state index in [0.29, 0.717) is 12.1 Å². The maximum Gasteiger partial charge on any atom is 0.244 e. The van der Waals surface area contributed by atoms with Gasteiger partial charge in [0, 0.05) is 25.2 Å². The van der Waals surface area contributed by atoms with Crippen LogP contribution in [0.4, 0.5) is 0 Å². The summed E-state index contributed by atoms with van der Waals surface area (Å²) in [7, 11) is 2.11. The molecule has 1 heterocycles. The van der Waals surface area contributed by atoms with Crippen molar-refractivity contribution in [3.8, 4) is 0 Å². The van der Waals surface area contributed by atoms with Gasteiger partial charge in [-0.3, -0.25) is 9.69 Å². The Hall–Kier alpha value is -1.39. The van der Waals surface area contributed by atoms with Gasteiger partial charge in [-0.05, 0) is 26.5 Å². The van der Waals surface area contributed by atoms with Gasteiger partial charge in [0.15, 0.2) is 0 Å². The molecule has 0 bridgehead atoms. The first-order chi connectivity index (χ1) is 9.00. The predicted molar refractivity (Wildman–Crippen MR) is 76.6 cm³/mol. The summed E-state index contributed by atoms with van der Waals surface area (Å²) in [6.07, 6.45) is 0. The molecule has 2 unspecified atom stereocenters. The lowest BCUT2D eigenvalue weighted by molar-refractivity contribution is -0.136. The average Bonchev–Trinajstić information content (AvgIpc) is 2.43. The first kappa shape index (κ1) is 14.0. The van der Waals surface area contributed by atoms with E-state index < -0.39 is 6.04 Å². The lowest BCUT2D eigenvalue weighted by Crippen LogP contribution is -2.57. The summed E-state index contributed by atoms with van der Waals surface area (Å²) in [4.78, 5) is 16.7. The fourth-order valence-corrected chi connectivity index (χ4v) is 2.58. The molecule has 104 valence electrons. The van der Waals surface area contributed by atoms with Crippen molar-refractivity contribution in [1.29, 1.82) is 0 Å². The standard InChI is InChI=1S/C15H23N3O/c1-11-9-18(10-12(2)17(11)3)15(19)14(16)13-7-5-4-6-8-13/h4-8,11-12,14H,9-10,16H2,1-3H3/t11?,12?,14-/m0/s1. The van der Waals surface area contributed by atoms with Crippen LogP contribution in [0.3, 0.4) is 0 Å². The Labute approximate surface area is 115 Å². The molecule has 19 heavy (non-hydrogen) atoms. The van der Waals surface area contributed by atoms with Gasteiger partial charge in [0.2, 0.25) is 5.91 Å². The van der Waals surface area contributed by atoms with Crippen LogP contribution in [0, 0.1) is 0 Å². The molecule has 1 aromatic rings. The molecular weight excluding hydrogens is 238 g/mol. The molecular formula is C15H23N3O. The first-order valence-electron chi connectivity index (χ1n) is 6.82. The topological polar surface area (TPSA) is 49.6 Å². The third-order valence-corrected chi connectivity index (χ3v) is 4.10. The molecule has 1 saturated heterocycles. The smallest absolute Gasteiger partial charge is 0.244 e. The molecule has 4 nitrogen and oxygen atoms in total. The van der Waals surface area contributed by atoms with Gasteiger partial charge in [-0.15, -0.1) is 0 Å². The van der Waals surface area contributed by atoms with Gasteiger partial charge in [0.25, 0.3) is 0 Å². The molecule has 2 rings (SSSR count). The van der Waals surface area contributed by atoms with E-state index in [2.05, 4.69) is 25.8 Å². The zero-order chi connectivity index (χ0) is 14.0. The Morgan fingerprint density at radius 2 is 1.74 bits per heavy atom. The van der Waals surface area contributed by atoms with Crippen molar-refractivity contribution < 1.29 is 4.79 Å². The van der Waals surface area contributed by atoms with Crippen LogP contribution in [0.15, 0.2) is 30.3 Å². The zero-order valence-electron chi connectivity index (χ0n) is 11.9. The number of amides is 1. The van der Waals surface area contributed by atoms with Crippen LogP contribution in [0.5, 0.6) is 0 Å². The minimum absolute atomic E-state index is 0.0259. The number of benzene rings is 1. The lowest BCUT2D eigenvalue weighted by Gasteiger charge is -2.43. The lowest BCUT2D eigenvalue weighted by atomic mass is 10.0. The van der Waals surface area contributed by atoms with Gasteiger partial charge < -0.3 is 10.6 Å². The summed E-state index contributed by atoms with van der Waals surface area (Å²) in [6.45, 7) is 5.79. The van der Waals surface area contributed by atoms with Gasteiger partial charge >= 0.3 is 0 Å². The van der Waals surface area contributed by atoms with Crippen LogP contribution >= 0.6 is 0 Å². The second-order valence-electron chi connectivity index (χ2n) is 5.50. The number of likely N-dealkylation sites (N-methyl/N-ethyl adjacent to an activating group) is 1. The van der Waals surface area contributed by atoms with Gasteiger partial charge in [0.05, 0.1) is 0 Å². The maximum absolute atomic E-state index is 12.5. The number of carbonyl (C=O) groups excluding carboxylic acids is 1. The van der Waals surface area contributed by atoms with Crippen molar-refractivity contribution in [1.82, 2.24) is 9.80 Å². The molecule has 1 aliphatic heterocycles. The van der Waals surface area contributed by atoms with E-state index in [1.165, 1.54) is 0 Å². The van der Waals surface area contributed by atoms with Crippen molar-refractivity contribution in [3.63, 3.8) is 0 Å². The summed E-state index contributed by atoms with van der Waals surface area (Å²) >= 11 is 0. The summed E-state index contributed by atoms with van der Waals surface area (Å²) in [5.41, 5.74) is 6.97. The van der Waals surface area contributed by atoms with Crippen LogP contribution in [-0.2, 0) is 4.79 Å². The van der Waals surface area contributed by atoms with E-state index in [4.69, 9.17) is 5.73 Å². The Kier molecular flexibility index (Phi) is 4.22. The molecule has 0 spiro atoms. The van der Waals surface area contributed by atoms with Gasteiger partial charge in [-0.25, -0.2) is 0 Å². The highest BCUT2D eigenvalue weighted by Gasteiger charge is 2.31. The highest BCUT2D eigenvalue weighted by molar-refractivity contribution is 5.83. The molecule has 0 aromatic heterocycles. The molecule has 0 saturated carbocycles. The number of hydrogen-bond donors (Lipinski definition) is 1. The van der Waals surface area contributed by atoms with Gasteiger partial charge in [0.1, 0.15) is 6.04 Å². The zero-order valence-corrected chi connectivity index (χ0v) is 11.9. The molecule has 3 atom stereocenters. The Bertz CT molecular complexity index is 422. The van der Waals surface area contributed by atoms with E-state index in [9.17, 15) is 4.79 Å². The highest BCUT2D eigenvalue weighted by Crippen LogP contribution is 2.18. The van der Waals surface area contributed by atoms with Crippen molar-refractivity contribution in [2.45, 2.75) is 32.0 Å². The van der Waals surface area contributed by atoms with E-state index in [1.54, 1.807) is 0 Å². The van der Waals surface area contributed by atoms with Crippen molar-refractivity contribution in [2.75, 3.05) is 20.1 Å². The second kappa shape index (κ2) is 5.72. The van der Waals surface area contributed by atoms with E-state index in [-0.39, 0.29) is 5.91 Å². The van der Waals surface area contributed by atoms with E-state index >= 15 is 0 Å². The molecule has 4 heteroatoms. The number of rotatable bonds is 2. The number of hydrogen-bond acceptors (Lipinski definition) is 3. The molecule has 1 fully saturated rings. The molecule has 0 aliphatic carbocycles. The van der Waals surface area contributed by atoms with Crippen LogP contribution in [0.25, 0.3) is 0 Å². The fourth-order valence-electron chi connectivity index (χ4n) is 2.58. The van der Waals surface area contributed by atoms with Crippen LogP contribution < -0.4 is 5.73 Å². The quantitative estimate of drug-likeness (QED) is 0.871. The SMILES string of the molecule is CC1CN(C(=O)[C@@H](N)c2ccccc2)CC(C)N1C. The van der Waals surface area contributed by atoms with Gasteiger partial charge in [-0.2, -0.15) is 0 Å². The number of nitrogens with zero attached hydrogens (tertiary/aromatic N) is 2. The van der Waals surface area contributed by atoms with Crippen molar-refractivity contribution in [2.24, 2.45) is 5.73 Å². The first-order valence-corrected chi connectivity index (χ1v) is 6.82. The summed E-state index contributed by atoms with van der Waals surface area (Å²) < 4.78 is 0. The molecule has 0 radical (unpaired) electrons. The van der Waals surface area contributed by atoms with E-state index in [0.717, 1.165) is 18.7 Å². The summed E-state index contributed by atoms with van der Waals surface area (Å²) in [6, 6.07) is 9.77. The Morgan fingerprint density at radius 3 is 2.26 bits per heavy atom. The van der Waals surface area contributed by atoms with Crippen molar-refractivity contribution >= 4 is 5.91 Å². The molecule has 1 aromatic carbocycles. The second-order valence-corrected chi connectivity index (χ2v) is 5.50. The highest BCUT2D eigenvalue weighted by atomic mass is 16.2. The third-order valence-electron chi connectivity index (χ3n) is 4.10. The third kappa shape index (κ3) is 2.96. The van der Waals surface area contributed by atoms with Gasteiger partial charge in [-0.1, -0.05) is 30.3 Å². The molecule has 2 N–H and O–H groups in total. The van der Waals surface area contributed by atoms with Crippen molar-refractivity contribution in [3.05, 3.63) is 35.9 Å². The molecule has 1 amide bonds. The average molecular weight is 261 g/mol. The van der Waals surface area contributed by atoms with Crippen LogP contribution in [0.1, 0.15) is 25.5 Å². The minimum atomic E-state index is -0.552. The minimum Gasteiger partial charge on any atom is -0.338 e. The predicted octanol–water partition coefficient (Wildman–Crippen LogP) is 1.24. The van der Waals surface area contributed by atoms with E-state index in [1.807, 2.05) is 35.2 Å². The Balaban J connectivity index is 2.08.